The van der Waals surface area contributed by atoms with Crippen LogP contribution in [0.1, 0.15) is 45.2 Å². The minimum absolute atomic E-state index is 0.0979. The smallest absolute Gasteiger partial charge is 0.231 e. The molecular formula is C27H37N3O6S2. The van der Waals surface area contributed by atoms with Crippen LogP contribution < -0.4 is 9.47 Å². The van der Waals surface area contributed by atoms with E-state index in [0.29, 0.717) is 36.7 Å². The molecule has 0 amide bonds. The lowest BCUT2D eigenvalue weighted by atomic mass is 9.99. The molecule has 2 aromatic rings. The molecule has 0 unspecified atom stereocenters. The Morgan fingerprint density at radius 3 is 2.21 bits per heavy atom. The molecule has 9 nitrogen and oxygen atoms in total. The summed E-state index contributed by atoms with van der Waals surface area (Å²) >= 11 is 0. The maximum atomic E-state index is 13.2. The minimum Gasteiger partial charge on any atom is -0.454 e. The predicted octanol–water partition coefficient (Wildman–Crippen LogP) is 3.13. The van der Waals surface area contributed by atoms with Gasteiger partial charge in [0.15, 0.2) is 11.5 Å². The normalized spacial score (nSPS) is 23.0. The SMILES string of the molecule is CCS(=O)(=O)N1CCC(N2CCN([C@@H](C)c3ccc(S(=O)(=O)c4ccc5c(c4)OCO5)cc3)[C@H](C)C2)CC1. The van der Waals surface area contributed by atoms with Gasteiger partial charge in [0, 0.05) is 56.9 Å². The Kier molecular flexibility index (Phi) is 7.76. The largest absolute Gasteiger partial charge is 0.454 e. The van der Waals surface area contributed by atoms with E-state index in [0.717, 1.165) is 38.0 Å². The molecular weight excluding hydrogens is 526 g/mol. The molecule has 38 heavy (non-hydrogen) atoms. The maximum Gasteiger partial charge on any atom is 0.231 e. The van der Waals surface area contributed by atoms with Gasteiger partial charge in [0.1, 0.15) is 0 Å². The number of piperazine rings is 1. The Labute approximate surface area is 226 Å². The quantitative estimate of drug-likeness (QED) is 0.507. The first-order valence-corrected chi connectivity index (χ1v) is 16.4. The third-order valence-electron chi connectivity index (χ3n) is 8.23. The molecule has 3 aliphatic rings. The van der Waals surface area contributed by atoms with Gasteiger partial charge in [-0.05, 0) is 63.4 Å². The molecule has 5 rings (SSSR count). The van der Waals surface area contributed by atoms with Crippen LogP contribution in [0, 0.1) is 0 Å². The maximum absolute atomic E-state index is 13.2. The van der Waals surface area contributed by atoms with E-state index in [1.807, 2.05) is 12.1 Å². The van der Waals surface area contributed by atoms with E-state index in [4.69, 9.17) is 9.47 Å². The van der Waals surface area contributed by atoms with Crippen LogP contribution in [0.25, 0.3) is 0 Å². The molecule has 3 aliphatic heterocycles. The minimum atomic E-state index is -3.67. The van der Waals surface area contributed by atoms with Crippen molar-refractivity contribution in [1.82, 2.24) is 14.1 Å². The zero-order valence-corrected chi connectivity index (χ0v) is 23.9. The zero-order valence-electron chi connectivity index (χ0n) is 22.2. The van der Waals surface area contributed by atoms with Gasteiger partial charge in [-0.1, -0.05) is 12.1 Å². The fourth-order valence-corrected chi connectivity index (χ4v) is 8.28. The van der Waals surface area contributed by atoms with Crippen molar-refractivity contribution in [3.8, 4) is 11.5 Å². The van der Waals surface area contributed by atoms with E-state index >= 15 is 0 Å². The highest BCUT2D eigenvalue weighted by Gasteiger charge is 2.34. The first-order chi connectivity index (χ1) is 18.1. The number of sulfone groups is 1. The molecule has 11 heteroatoms. The topological polar surface area (TPSA) is 96.5 Å². The average molecular weight is 564 g/mol. The molecule has 0 spiro atoms. The standard InChI is InChI=1S/C27H37N3O6S2/c1-4-37(31,32)29-13-11-23(12-14-29)28-15-16-30(20(2)18-28)21(3)22-5-7-24(8-6-22)38(33,34)25-9-10-26-27(17-25)36-19-35-26/h5-10,17,20-21,23H,4,11-16,18-19H2,1-3H3/t20-,21+/m1/s1. The summed E-state index contributed by atoms with van der Waals surface area (Å²) in [6.45, 7) is 10.2. The van der Waals surface area contributed by atoms with Crippen molar-refractivity contribution in [2.24, 2.45) is 0 Å². The van der Waals surface area contributed by atoms with Gasteiger partial charge in [0.05, 0.1) is 15.5 Å². The highest BCUT2D eigenvalue weighted by Crippen LogP contribution is 2.36. The Morgan fingerprint density at radius 2 is 1.55 bits per heavy atom. The van der Waals surface area contributed by atoms with Crippen LogP contribution in [0.3, 0.4) is 0 Å². The van der Waals surface area contributed by atoms with Crippen LogP contribution in [-0.2, 0) is 19.9 Å². The summed E-state index contributed by atoms with van der Waals surface area (Å²) in [6.07, 6.45) is 1.75. The lowest BCUT2D eigenvalue weighted by Crippen LogP contribution is -2.57. The first-order valence-electron chi connectivity index (χ1n) is 13.3. The van der Waals surface area contributed by atoms with Crippen molar-refractivity contribution in [3.05, 3.63) is 48.0 Å². The molecule has 2 atom stereocenters. The van der Waals surface area contributed by atoms with Crippen molar-refractivity contribution >= 4 is 19.9 Å². The van der Waals surface area contributed by atoms with Crippen LogP contribution in [-0.4, -0.2) is 88.3 Å². The second kappa shape index (κ2) is 10.8. The summed E-state index contributed by atoms with van der Waals surface area (Å²) in [4.78, 5) is 5.42. The van der Waals surface area contributed by atoms with Crippen molar-refractivity contribution < 1.29 is 26.3 Å². The van der Waals surface area contributed by atoms with Gasteiger partial charge >= 0.3 is 0 Å². The molecule has 208 valence electrons. The van der Waals surface area contributed by atoms with E-state index in [-0.39, 0.29) is 28.4 Å². The monoisotopic (exact) mass is 563 g/mol. The highest BCUT2D eigenvalue weighted by atomic mass is 32.2. The summed E-state index contributed by atoms with van der Waals surface area (Å²) in [7, 11) is -6.78. The fourth-order valence-electron chi connectivity index (χ4n) is 5.87. The number of benzene rings is 2. The number of nitrogens with zero attached hydrogens (tertiary/aromatic N) is 3. The Morgan fingerprint density at radius 1 is 0.895 bits per heavy atom. The van der Waals surface area contributed by atoms with Crippen LogP contribution in [0.4, 0.5) is 0 Å². The number of piperidine rings is 1. The van der Waals surface area contributed by atoms with Crippen LogP contribution in [0.2, 0.25) is 0 Å². The van der Waals surface area contributed by atoms with Gasteiger partial charge in [-0.15, -0.1) is 0 Å². The van der Waals surface area contributed by atoms with Crippen molar-refractivity contribution in [2.75, 3.05) is 45.3 Å². The van der Waals surface area contributed by atoms with Gasteiger partial charge in [-0.25, -0.2) is 21.1 Å². The molecule has 2 saturated heterocycles. The molecule has 2 fully saturated rings. The van der Waals surface area contributed by atoms with Gasteiger partial charge in [-0.2, -0.15) is 0 Å². The summed E-state index contributed by atoms with van der Waals surface area (Å²) in [5, 5.41) is 0. The summed E-state index contributed by atoms with van der Waals surface area (Å²) < 4.78 is 63.1. The number of fused-ring (bicyclic) bond motifs is 1. The Balaban J connectivity index is 1.20. The first kappa shape index (κ1) is 27.4. The zero-order chi connectivity index (χ0) is 27.1. The van der Waals surface area contributed by atoms with Gasteiger partial charge in [0.2, 0.25) is 26.7 Å². The van der Waals surface area contributed by atoms with Crippen LogP contribution in [0.5, 0.6) is 11.5 Å². The van der Waals surface area contributed by atoms with Crippen molar-refractivity contribution in [3.63, 3.8) is 0 Å². The molecule has 0 radical (unpaired) electrons. The lowest BCUT2D eigenvalue weighted by molar-refractivity contribution is 0.0196. The third-order valence-corrected chi connectivity index (χ3v) is 11.9. The van der Waals surface area contributed by atoms with E-state index in [2.05, 4.69) is 23.6 Å². The average Bonchev–Trinajstić information content (AvgIpc) is 3.41. The number of ether oxygens (including phenoxy) is 2. The fraction of sp³-hybridized carbons (Fsp3) is 0.556. The molecule has 2 aromatic carbocycles. The Bertz CT molecular complexity index is 1360. The molecule has 3 heterocycles. The number of hydrogen-bond donors (Lipinski definition) is 0. The van der Waals surface area contributed by atoms with Crippen molar-refractivity contribution in [1.29, 1.82) is 0 Å². The summed E-state index contributed by atoms with van der Waals surface area (Å²) in [5.74, 6) is 1.16. The second-order valence-electron chi connectivity index (χ2n) is 10.4. The number of hydrogen-bond acceptors (Lipinski definition) is 8. The van der Waals surface area contributed by atoms with Crippen molar-refractivity contribution in [2.45, 2.75) is 61.5 Å². The second-order valence-corrected chi connectivity index (χ2v) is 14.6. The molecule has 0 aromatic heterocycles. The Hall–Kier alpha value is -2.18. The van der Waals surface area contributed by atoms with Gasteiger partial charge in [0.25, 0.3) is 0 Å². The molecule has 0 bridgehead atoms. The van der Waals surface area contributed by atoms with Gasteiger partial charge in [-0.3, -0.25) is 9.80 Å². The molecule has 0 saturated carbocycles. The highest BCUT2D eigenvalue weighted by molar-refractivity contribution is 7.91. The number of rotatable bonds is 7. The van der Waals surface area contributed by atoms with Crippen LogP contribution >= 0.6 is 0 Å². The van der Waals surface area contributed by atoms with Gasteiger partial charge < -0.3 is 9.47 Å². The number of sulfonamides is 1. The summed E-state index contributed by atoms with van der Waals surface area (Å²) in [6, 6.07) is 12.8. The molecule has 0 N–H and O–H groups in total. The molecule has 0 aliphatic carbocycles. The lowest BCUT2D eigenvalue weighted by Gasteiger charge is -2.47. The van der Waals surface area contributed by atoms with E-state index in [1.54, 1.807) is 35.5 Å². The summed E-state index contributed by atoms with van der Waals surface area (Å²) in [5.41, 5.74) is 1.08. The van der Waals surface area contributed by atoms with E-state index < -0.39 is 19.9 Å². The van der Waals surface area contributed by atoms with Crippen LogP contribution in [0.15, 0.2) is 52.3 Å². The van der Waals surface area contributed by atoms with E-state index in [1.165, 1.54) is 6.07 Å². The third kappa shape index (κ3) is 5.31. The predicted molar refractivity (Wildman–Crippen MR) is 145 cm³/mol. The van der Waals surface area contributed by atoms with E-state index in [9.17, 15) is 16.8 Å².